The van der Waals surface area contributed by atoms with Crippen LogP contribution in [-0.4, -0.2) is 20.2 Å². The maximum atomic E-state index is 13.8. The molecule has 3 rings (SSSR count). The van der Waals surface area contributed by atoms with E-state index in [4.69, 9.17) is 5.73 Å². The van der Waals surface area contributed by atoms with E-state index in [0.29, 0.717) is 0 Å². The second kappa shape index (κ2) is 8.29. The highest BCUT2D eigenvalue weighted by molar-refractivity contribution is 7.92. The molecule has 7 nitrogen and oxygen atoms in total. The summed E-state index contributed by atoms with van der Waals surface area (Å²) in [5.74, 6) is -3.31. The summed E-state index contributed by atoms with van der Waals surface area (Å²) >= 11 is 0. The van der Waals surface area contributed by atoms with Crippen LogP contribution in [0.25, 0.3) is 0 Å². The van der Waals surface area contributed by atoms with Crippen molar-refractivity contribution in [2.75, 3.05) is 10.0 Å². The molecule has 2 amide bonds. The molecule has 0 atom stereocenters. The number of anilines is 2. The number of para-hydroxylation sites is 1. The van der Waals surface area contributed by atoms with Gasteiger partial charge in [0.1, 0.15) is 11.6 Å². The fourth-order valence-electron chi connectivity index (χ4n) is 2.55. The van der Waals surface area contributed by atoms with Gasteiger partial charge in [0.15, 0.2) is 0 Å². The number of rotatable bonds is 6. The van der Waals surface area contributed by atoms with Crippen molar-refractivity contribution in [1.29, 1.82) is 0 Å². The van der Waals surface area contributed by atoms with E-state index in [-0.39, 0.29) is 21.8 Å². The SMILES string of the molecule is NC(=O)c1cc(NC(=O)c2cccc(S(=O)(=O)Nc3ccccc3F)c2)ccc1F. The molecule has 0 saturated heterocycles. The van der Waals surface area contributed by atoms with Crippen molar-refractivity contribution in [1.82, 2.24) is 0 Å². The van der Waals surface area contributed by atoms with Gasteiger partial charge in [0, 0.05) is 11.3 Å². The highest BCUT2D eigenvalue weighted by Gasteiger charge is 2.18. The minimum atomic E-state index is -4.17. The molecule has 10 heteroatoms. The van der Waals surface area contributed by atoms with Crippen molar-refractivity contribution < 1.29 is 26.8 Å². The van der Waals surface area contributed by atoms with Gasteiger partial charge in [0.05, 0.1) is 16.1 Å². The summed E-state index contributed by atoms with van der Waals surface area (Å²) < 4.78 is 54.5. The predicted octanol–water partition coefficient (Wildman–Crippen LogP) is 3.12. The lowest BCUT2D eigenvalue weighted by Crippen LogP contribution is -2.17. The van der Waals surface area contributed by atoms with E-state index < -0.39 is 39.0 Å². The molecule has 3 aromatic rings. The van der Waals surface area contributed by atoms with Crippen LogP contribution in [0.2, 0.25) is 0 Å². The molecule has 0 unspecified atom stereocenters. The van der Waals surface area contributed by atoms with E-state index in [1.165, 1.54) is 42.5 Å². The van der Waals surface area contributed by atoms with Gasteiger partial charge >= 0.3 is 0 Å². The Bertz CT molecular complexity index is 1250. The molecular formula is C20H15F2N3O4S. The molecule has 0 saturated carbocycles. The molecule has 0 bridgehead atoms. The fourth-order valence-corrected chi connectivity index (χ4v) is 3.66. The van der Waals surface area contributed by atoms with Crippen LogP contribution in [0.3, 0.4) is 0 Å². The zero-order valence-electron chi connectivity index (χ0n) is 15.2. The lowest BCUT2D eigenvalue weighted by atomic mass is 10.1. The minimum Gasteiger partial charge on any atom is -0.366 e. The third-order valence-electron chi connectivity index (χ3n) is 4.01. The highest BCUT2D eigenvalue weighted by Crippen LogP contribution is 2.21. The first-order valence-electron chi connectivity index (χ1n) is 8.45. The molecule has 0 aliphatic heterocycles. The first-order valence-corrected chi connectivity index (χ1v) is 9.94. The number of hydrogen-bond acceptors (Lipinski definition) is 4. The van der Waals surface area contributed by atoms with E-state index in [2.05, 4.69) is 10.0 Å². The molecule has 0 radical (unpaired) electrons. The van der Waals surface area contributed by atoms with Gasteiger partial charge in [0.25, 0.3) is 21.8 Å². The number of benzene rings is 3. The van der Waals surface area contributed by atoms with E-state index in [1.807, 2.05) is 0 Å². The Labute approximate surface area is 170 Å². The van der Waals surface area contributed by atoms with Crippen LogP contribution >= 0.6 is 0 Å². The summed E-state index contributed by atoms with van der Waals surface area (Å²) in [7, 11) is -4.17. The van der Waals surface area contributed by atoms with Crippen molar-refractivity contribution in [3.05, 3.63) is 89.5 Å². The van der Waals surface area contributed by atoms with E-state index in [1.54, 1.807) is 0 Å². The molecule has 0 spiro atoms. The summed E-state index contributed by atoms with van der Waals surface area (Å²) in [4.78, 5) is 23.4. The Hall–Kier alpha value is -3.79. The highest BCUT2D eigenvalue weighted by atomic mass is 32.2. The van der Waals surface area contributed by atoms with E-state index in [9.17, 15) is 26.8 Å². The average Bonchev–Trinajstić information content (AvgIpc) is 2.71. The topological polar surface area (TPSA) is 118 Å². The second-order valence-corrected chi connectivity index (χ2v) is 7.81. The van der Waals surface area contributed by atoms with Crippen LogP contribution in [0.5, 0.6) is 0 Å². The van der Waals surface area contributed by atoms with Crippen LogP contribution in [0, 0.1) is 11.6 Å². The lowest BCUT2D eigenvalue weighted by Gasteiger charge is -2.11. The van der Waals surface area contributed by atoms with Crippen molar-refractivity contribution in [2.45, 2.75) is 4.90 Å². The number of hydrogen-bond donors (Lipinski definition) is 3. The zero-order valence-corrected chi connectivity index (χ0v) is 16.0. The van der Waals surface area contributed by atoms with Crippen LogP contribution in [0.1, 0.15) is 20.7 Å². The first-order chi connectivity index (χ1) is 14.2. The Balaban J connectivity index is 1.84. The van der Waals surface area contributed by atoms with Crippen LogP contribution < -0.4 is 15.8 Å². The summed E-state index contributed by atoms with van der Waals surface area (Å²) in [5.41, 5.74) is 4.49. The largest absolute Gasteiger partial charge is 0.366 e. The zero-order chi connectivity index (χ0) is 21.9. The van der Waals surface area contributed by atoms with Crippen molar-refractivity contribution in [3.8, 4) is 0 Å². The molecule has 4 N–H and O–H groups in total. The smallest absolute Gasteiger partial charge is 0.262 e. The maximum absolute atomic E-state index is 13.8. The number of sulfonamides is 1. The van der Waals surface area contributed by atoms with Crippen LogP contribution in [0.15, 0.2) is 71.6 Å². The number of nitrogens with one attached hydrogen (secondary N) is 2. The quantitative estimate of drug-likeness (QED) is 0.556. The van der Waals surface area contributed by atoms with E-state index >= 15 is 0 Å². The van der Waals surface area contributed by atoms with Gasteiger partial charge < -0.3 is 11.1 Å². The van der Waals surface area contributed by atoms with Crippen LogP contribution in [0.4, 0.5) is 20.2 Å². The molecule has 154 valence electrons. The average molecular weight is 431 g/mol. The van der Waals surface area contributed by atoms with Gasteiger partial charge in [-0.15, -0.1) is 0 Å². The first kappa shape index (κ1) is 20.9. The molecule has 0 aromatic heterocycles. The summed E-state index contributed by atoms with van der Waals surface area (Å²) in [6.07, 6.45) is 0. The predicted molar refractivity (Wildman–Crippen MR) is 107 cm³/mol. The third-order valence-corrected chi connectivity index (χ3v) is 5.38. The summed E-state index contributed by atoms with van der Waals surface area (Å²) in [5, 5.41) is 2.43. The van der Waals surface area contributed by atoms with E-state index in [0.717, 1.165) is 24.3 Å². The molecule has 3 aromatic carbocycles. The van der Waals surface area contributed by atoms with Crippen LogP contribution in [-0.2, 0) is 10.0 Å². The number of nitrogens with two attached hydrogens (primary N) is 1. The Kier molecular flexibility index (Phi) is 5.79. The number of amides is 2. The molecule has 0 aliphatic rings. The number of primary amides is 1. The normalized spacial score (nSPS) is 11.0. The Morgan fingerprint density at radius 3 is 2.30 bits per heavy atom. The monoisotopic (exact) mass is 431 g/mol. The number of carbonyl (C=O) groups excluding carboxylic acids is 2. The van der Waals surface area contributed by atoms with Gasteiger partial charge in [-0.25, -0.2) is 17.2 Å². The summed E-state index contributed by atoms with van der Waals surface area (Å²) in [6, 6.07) is 13.5. The van der Waals surface area contributed by atoms with Gasteiger partial charge in [-0.1, -0.05) is 18.2 Å². The molecule has 0 aliphatic carbocycles. The van der Waals surface area contributed by atoms with Gasteiger partial charge in [-0.3, -0.25) is 14.3 Å². The molecule has 0 fully saturated rings. The Morgan fingerprint density at radius 2 is 1.60 bits per heavy atom. The minimum absolute atomic E-state index is 0.0311. The number of carbonyl (C=O) groups is 2. The third kappa shape index (κ3) is 4.61. The maximum Gasteiger partial charge on any atom is 0.262 e. The molecular weight excluding hydrogens is 416 g/mol. The van der Waals surface area contributed by atoms with Crippen molar-refractivity contribution in [3.63, 3.8) is 0 Å². The standard InChI is InChI=1S/C20H15F2N3O4S/c21-16-9-8-13(11-15(16)19(23)26)24-20(27)12-4-3-5-14(10-12)30(28,29)25-18-7-2-1-6-17(18)22/h1-11,25H,(H2,23,26)(H,24,27). The molecule has 30 heavy (non-hydrogen) atoms. The Morgan fingerprint density at radius 1 is 0.867 bits per heavy atom. The summed E-state index contributed by atoms with van der Waals surface area (Å²) in [6.45, 7) is 0. The van der Waals surface area contributed by atoms with Crippen molar-refractivity contribution >= 4 is 33.2 Å². The number of halogens is 2. The van der Waals surface area contributed by atoms with Gasteiger partial charge in [-0.2, -0.15) is 0 Å². The van der Waals surface area contributed by atoms with Crippen molar-refractivity contribution in [2.24, 2.45) is 5.73 Å². The van der Waals surface area contributed by atoms with Gasteiger partial charge in [0.2, 0.25) is 0 Å². The second-order valence-electron chi connectivity index (χ2n) is 6.13. The lowest BCUT2D eigenvalue weighted by molar-refractivity contribution is 0.0992. The fraction of sp³-hybridized carbons (Fsp3) is 0. The molecule has 0 heterocycles. The van der Waals surface area contributed by atoms with Gasteiger partial charge in [-0.05, 0) is 48.5 Å².